The highest BCUT2D eigenvalue weighted by atomic mass is 35.5. The van der Waals surface area contributed by atoms with Gasteiger partial charge >= 0.3 is 6.18 Å². The van der Waals surface area contributed by atoms with Crippen LogP contribution >= 0.6 is 22.9 Å². The van der Waals surface area contributed by atoms with Crippen LogP contribution in [0.3, 0.4) is 0 Å². The molecule has 0 fully saturated rings. The van der Waals surface area contributed by atoms with Crippen LogP contribution in [-0.4, -0.2) is 50.7 Å². The maximum Gasteiger partial charge on any atom is 0.418 e. The van der Waals surface area contributed by atoms with Crippen molar-refractivity contribution in [3.63, 3.8) is 0 Å². The zero-order valence-electron chi connectivity index (χ0n) is 19.3. The third-order valence-electron chi connectivity index (χ3n) is 4.76. The largest absolute Gasteiger partial charge is 0.418 e. The maximum atomic E-state index is 13.0. The number of nitrogens with one attached hydrogen (secondary N) is 2. The number of carbonyl (C=O) groups is 3. The molecule has 0 aliphatic heterocycles. The predicted molar refractivity (Wildman–Crippen MR) is 129 cm³/mol. The van der Waals surface area contributed by atoms with Gasteiger partial charge < -0.3 is 16.4 Å². The van der Waals surface area contributed by atoms with E-state index in [0.29, 0.717) is 11.1 Å². The van der Waals surface area contributed by atoms with Crippen LogP contribution in [0.15, 0.2) is 30.9 Å². The van der Waals surface area contributed by atoms with Crippen molar-refractivity contribution >= 4 is 52.3 Å². The van der Waals surface area contributed by atoms with Crippen molar-refractivity contribution in [2.75, 3.05) is 23.3 Å². The maximum absolute atomic E-state index is 13.0. The quantitative estimate of drug-likeness (QED) is 0.382. The molecule has 0 aliphatic rings. The van der Waals surface area contributed by atoms with Gasteiger partial charge in [0.1, 0.15) is 33.5 Å². The number of carbonyl (C=O) groups excluding carboxylic acids is 3. The van der Waals surface area contributed by atoms with E-state index in [4.69, 9.17) is 17.3 Å². The van der Waals surface area contributed by atoms with Crippen LogP contribution in [-0.2, 0) is 11.0 Å². The smallest absolute Gasteiger partial charge is 0.342 e. The Morgan fingerprint density at radius 3 is 2.51 bits per heavy atom. The van der Waals surface area contributed by atoms with Crippen molar-refractivity contribution in [2.45, 2.75) is 26.1 Å². The summed E-state index contributed by atoms with van der Waals surface area (Å²) >= 11 is 6.47. The van der Waals surface area contributed by atoms with Gasteiger partial charge in [0.2, 0.25) is 5.91 Å². The molecule has 3 heterocycles. The summed E-state index contributed by atoms with van der Waals surface area (Å²) in [5, 5.41) is 4.70. The third kappa shape index (κ3) is 6.96. The predicted octanol–water partition coefficient (Wildman–Crippen LogP) is 3.06. The summed E-state index contributed by atoms with van der Waals surface area (Å²) in [4.78, 5) is 54.2. The Morgan fingerprint density at radius 2 is 1.86 bits per heavy atom. The molecule has 3 rings (SSSR count). The van der Waals surface area contributed by atoms with Gasteiger partial charge in [-0.3, -0.25) is 19.3 Å². The molecular weight excluding hydrogens is 537 g/mol. The first kappa shape index (κ1) is 27.9. The number of thiazole rings is 1. The highest BCUT2D eigenvalue weighted by Gasteiger charge is 2.34. The average Bonchev–Trinajstić information content (AvgIpc) is 3.33. The highest BCUT2D eigenvalue weighted by Crippen LogP contribution is 2.35. The topological polar surface area (TPSA) is 156 Å². The molecule has 4 N–H and O–H groups in total. The molecule has 0 bridgehead atoms. The first-order chi connectivity index (χ1) is 17.4. The molecule has 0 aromatic carbocycles. The number of halogens is 4. The SMILES string of the molecule is CC(=O)N(CCN)c1cc(C(=O)NC(C)c2ncc(C(=O)Nc3cc(C(F)(F)F)c(Cl)cn3)s2)ncn1. The fourth-order valence-corrected chi connectivity index (χ4v) is 4.03. The van der Waals surface area contributed by atoms with Crippen LogP contribution in [0.2, 0.25) is 5.02 Å². The van der Waals surface area contributed by atoms with E-state index < -0.39 is 34.6 Å². The number of alkyl halides is 3. The fourth-order valence-electron chi connectivity index (χ4n) is 3.01. The van der Waals surface area contributed by atoms with Crippen LogP contribution in [0.1, 0.15) is 50.6 Å². The van der Waals surface area contributed by atoms with Crippen LogP contribution in [0.4, 0.5) is 24.8 Å². The second kappa shape index (κ2) is 11.6. The van der Waals surface area contributed by atoms with Gasteiger partial charge in [-0.2, -0.15) is 13.2 Å². The molecule has 3 amide bonds. The van der Waals surface area contributed by atoms with Crippen molar-refractivity contribution in [3.05, 3.63) is 57.0 Å². The van der Waals surface area contributed by atoms with Gasteiger partial charge in [0, 0.05) is 32.3 Å². The van der Waals surface area contributed by atoms with Crippen LogP contribution in [0, 0.1) is 0 Å². The summed E-state index contributed by atoms with van der Waals surface area (Å²) in [7, 11) is 0. The molecule has 11 nitrogen and oxygen atoms in total. The van der Waals surface area contributed by atoms with E-state index in [-0.39, 0.29) is 41.2 Å². The summed E-state index contributed by atoms with van der Waals surface area (Å²) in [5.74, 6) is -1.76. The Balaban J connectivity index is 1.69. The van der Waals surface area contributed by atoms with Crippen LogP contribution in [0.25, 0.3) is 0 Å². The van der Waals surface area contributed by atoms with E-state index in [1.165, 1.54) is 24.1 Å². The molecule has 1 unspecified atom stereocenters. The molecule has 1 atom stereocenters. The summed E-state index contributed by atoms with van der Waals surface area (Å²) in [6.07, 6.45) is -1.56. The first-order valence-electron chi connectivity index (χ1n) is 10.5. The Labute approximate surface area is 217 Å². The first-order valence-corrected chi connectivity index (χ1v) is 11.7. The van der Waals surface area contributed by atoms with Gasteiger partial charge in [-0.1, -0.05) is 11.6 Å². The Morgan fingerprint density at radius 1 is 1.14 bits per heavy atom. The number of nitrogens with zero attached hydrogens (tertiary/aromatic N) is 5. The van der Waals surface area contributed by atoms with Crippen molar-refractivity contribution in [1.82, 2.24) is 25.3 Å². The Bertz CT molecular complexity index is 1320. The Hall–Kier alpha value is -3.69. The van der Waals surface area contributed by atoms with E-state index in [2.05, 4.69) is 30.6 Å². The van der Waals surface area contributed by atoms with E-state index in [0.717, 1.165) is 23.9 Å². The minimum absolute atomic E-state index is 0.0103. The highest BCUT2D eigenvalue weighted by molar-refractivity contribution is 7.13. The summed E-state index contributed by atoms with van der Waals surface area (Å²) in [6, 6.07) is 1.31. The number of amides is 3. The van der Waals surface area contributed by atoms with E-state index >= 15 is 0 Å². The van der Waals surface area contributed by atoms with E-state index in [1.54, 1.807) is 6.92 Å². The second-order valence-corrected chi connectivity index (χ2v) is 8.95. The minimum Gasteiger partial charge on any atom is -0.342 e. The zero-order valence-corrected chi connectivity index (χ0v) is 20.9. The molecular formula is C21H20ClF3N8O3S. The Kier molecular flexibility index (Phi) is 8.73. The lowest BCUT2D eigenvalue weighted by molar-refractivity contribution is -0.137. The van der Waals surface area contributed by atoms with Gasteiger partial charge in [0.25, 0.3) is 11.8 Å². The molecule has 3 aromatic rings. The van der Waals surface area contributed by atoms with Gasteiger partial charge in [0.15, 0.2) is 0 Å². The standard InChI is InChI=1S/C21H20ClF3N8O3S/c1-10(31-18(35)14-6-17(30-9-29-14)33(4-3-26)11(2)34)20-28-8-15(37-20)19(36)32-16-5-12(21(23,24)25)13(22)7-27-16/h5-10H,3-4,26H2,1-2H3,(H,31,35)(H,27,32,36). The van der Waals surface area contributed by atoms with Crippen molar-refractivity contribution in [1.29, 1.82) is 0 Å². The molecule has 16 heteroatoms. The lowest BCUT2D eigenvalue weighted by atomic mass is 10.2. The molecule has 3 aromatic heterocycles. The van der Waals surface area contributed by atoms with Crippen molar-refractivity contribution in [2.24, 2.45) is 5.73 Å². The minimum atomic E-state index is -4.72. The number of hydrogen-bond acceptors (Lipinski definition) is 9. The lowest BCUT2D eigenvalue weighted by Gasteiger charge is -2.19. The zero-order chi connectivity index (χ0) is 27.3. The summed E-state index contributed by atoms with van der Waals surface area (Å²) in [5.41, 5.74) is 4.38. The molecule has 0 spiro atoms. The van der Waals surface area contributed by atoms with Gasteiger partial charge in [-0.25, -0.2) is 19.9 Å². The molecule has 37 heavy (non-hydrogen) atoms. The monoisotopic (exact) mass is 556 g/mol. The second-order valence-electron chi connectivity index (χ2n) is 7.48. The summed E-state index contributed by atoms with van der Waals surface area (Å²) < 4.78 is 39.1. The van der Waals surface area contributed by atoms with E-state index in [9.17, 15) is 27.6 Å². The number of rotatable bonds is 8. The lowest BCUT2D eigenvalue weighted by Crippen LogP contribution is -2.35. The molecule has 0 radical (unpaired) electrons. The average molecular weight is 557 g/mol. The number of aromatic nitrogens is 4. The number of hydrogen-bond donors (Lipinski definition) is 3. The van der Waals surface area contributed by atoms with Crippen LogP contribution < -0.4 is 21.3 Å². The third-order valence-corrected chi connectivity index (χ3v) is 6.24. The summed E-state index contributed by atoms with van der Waals surface area (Å²) in [6.45, 7) is 3.36. The number of nitrogens with two attached hydrogens (primary N) is 1. The van der Waals surface area contributed by atoms with Crippen molar-refractivity contribution in [3.8, 4) is 0 Å². The molecule has 196 valence electrons. The van der Waals surface area contributed by atoms with Crippen LogP contribution in [0.5, 0.6) is 0 Å². The number of anilines is 2. The normalized spacial score (nSPS) is 12.1. The van der Waals surface area contributed by atoms with Crippen molar-refractivity contribution < 1.29 is 27.6 Å². The molecule has 0 aliphatic carbocycles. The van der Waals surface area contributed by atoms with E-state index in [1.807, 2.05) is 0 Å². The van der Waals surface area contributed by atoms with Gasteiger partial charge in [0.05, 0.1) is 22.8 Å². The van der Waals surface area contributed by atoms with Gasteiger partial charge in [-0.15, -0.1) is 11.3 Å². The number of pyridine rings is 1. The molecule has 0 saturated carbocycles. The van der Waals surface area contributed by atoms with Gasteiger partial charge in [-0.05, 0) is 13.0 Å². The molecule has 0 saturated heterocycles. The fraction of sp³-hybridized carbons (Fsp3) is 0.286.